The van der Waals surface area contributed by atoms with Crippen molar-refractivity contribution in [1.29, 1.82) is 0 Å². The van der Waals surface area contributed by atoms with Crippen LogP contribution >= 0.6 is 0 Å². The average Bonchev–Trinajstić information content (AvgIpc) is 2.61. The van der Waals surface area contributed by atoms with Crippen LogP contribution in [0.4, 0.5) is 0 Å². The highest BCUT2D eigenvalue weighted by atomic mass is 32.2. The smallest absolute Gasteiger partial charge is 0.189 e. The van der Waals surface area contributed by atoms with Gasteiger partial charge in [0.1, 0.15) is 12.2 Å². The van der Waals surface area contributed by atoms with E-state index < -0.39 is 11.1 Å². The van der Waals surface area contributed by atoms with E-state index >= 15 is 0 Å². The van der Waals surface area contributed by atoms with Gasteiger partial charge in [0, 0.05) is 0 Å². The largest absolute Gasteiger partial charge is 0.376 e. The van der Waals surface area contributed by atoms with Crippen LogP contribution < -0.4 is 0 Å². The van der Waals surface area contributed by atoms with E-state index in [9.17, 15) is 4.21 Å². The summed E-state index contributed by atoms with van der Waals surface area (Å²) in [6, 6.07) is 17.4. The lowest BCUT2D eigenvalue weighted by atomic mass is 10.1. The van der Waals surface area contributed by atoms with E-state index in [0.717, 1.165) is 11.1 Å². The van der Waals surface area contributed by atoms with Crippen LogP contribution in [0, 0.1) is 6.92 Å². The van der Waals surface area contributed by atoms with Crippen LogP contribution in [-0.2, 0) is 24.7 Å². The molecule has 0 radical (unpaired) electrons. The SMILES string of the molecule is Cc1ccc(S(=O)OCC2COCC(c3ccccc3)O2)cc1. The quantitative estimate of drug-likeness (QED) is 0.843. The highest BCUT2D eigenvalue weighted by Crippen LogP contribution is 2.24. The molecule has 1 heterocycles. The van der Waals surface area contributed by atoms with Gasteiger partial charge in [-0.2, -0.15) is 0 Å². The predicted molar refractivity (Wildman–Crippen MR) is 88.4 cm³/mol. The van der Waals surface area contributed by atoms with Crippen LogP contribution in [-0.4, -0.2) is 30.1 Å². The number of benzene rings is 2. The monoisotopic (exact) mass is 332 g/mol. The minimum atomic E-state index is -1.48. The third-order valence-corrected chi connectivity index (χ3v) is 4.68. The molecule has 1 fully saturated rings. The van der Waals surface area contributed by atoms with Crippen molar-refractivity contribution < 1.29 is 17.9 Å². The molecule has 1 aliphatic heterocycles. The van der Waals surface area contributed by atoms with Crippen LogP contribution in [0.2, 0.25) is 0 Å². The molecule has 0 aliphatic carbocycles. The summed E-state index contributed by atoms with van der Waals surface area (Å²) in [5.74, 6) is 0. The van der Waals surface area contributed by atoms with E-state index in [2.05, 4.69) is 0 Å². The predicted octanol–water partition coefficient (Wildman–Crippen LogP) is 3.19. The van der Waals surface area contributed by atoms with Crippen molar-refractivity contribution in [3.8, 4) is 0 Å². The molecule has 4 nitrogen and oxygen atoms in total. The molecule has 0 amide bonds. The molecule has 2 aromatic rings. The van der Waals surface area contributed by atoms with E-state index in [1.54, 1.807) is 0 Å². The van der Waals surface area contributed by atoms with Gasteiger partial charge in [-0.25, -0.2) is 4.21 Å². The number of hydrogen-bond donors (Lipinski definition) is 0. The first-order chi connectivity index (χ1) is 11.2. The van der Waals surface area contributed by atoms with E-state index in [1.807, 2.05) is 61.5 Å². The minimum Gasteiger partial charge on any atom is -0.376 e. The summed E-state index contributed by atoms with van der Waals surface area (Å²) >= 11 is -1.48. The molecule has 23 heavy (non-hydrogen) atoms. The normalized spacial score (nSPS) is 22.7. The van der Waals surface area contributed by atoms with Gasteiger partial charge in [-0.1, -0.05) is 48.0 Å². The van der Waals surface area contributed by atoms with Crippen molar-refractivity contribution >= 4 is 11.1 Å². The molecule has 1 aliphatic rings. The van der Waals surface area contributed by atoms with E-state index in [0.29, 0.717) is 18.1 Å². The van der Waals surface area contributed by atoms with Crippen molar-refractivity contribution in [2.24, 2.45) is 0 Å². The Morgan fingerprint density at radius 3 is 2.57 bits per heavy atom. The van der Waals surface area contributed by atoms with Crippen molar-refractivity contribution in [1.82, 2.24) is 0 Å². The Morgan fingerprint density at radius 2 is 1.83 bits per heavy atom. The van der Waals surface area contributed by atoms with E-state index in [-0.39, 0.29) is 18.8 Å². The third-order valence-electron chi connectivity index (χ3n) is 3.68. The second-order valence-electron chi connectivity index (χ2n) is 5.53. The summed E-state index contributed by atoms with van der Waals surface area (Å²) in [6.07, 6.45) is -0.324. The van der Waals surface area contributed by atoms with Crippen LogP contribution in [0.3, 0.4) is 0 Å². The molecule has 0 N–H and O–H groups in total. The van der Waals surface area contributed by atoms with Gasteiger partial charge in [0.05, 0.1) is 24.7 Å². The standard InChI is InChI=1S/C18H20O4S/c1-14-7-9-17(10-8-14)23(19)21-12-16-11-20-13-18(22-16)15-5-3-2-4-6-15/h2-10,16,18H,11-13H2,1H3. The Labute approximate surface area is 139 Å². The first-order valence-electron chi connectivity index (χ1n) is 7.62. The molecule has 3 rings (SSSR count). The Hall–Kier alpha value is -1.53. The molecule has 5 heteroatoms. The van der Waals surface area contributed by atoms with E-state index in [1.165, 1.54) is 0 Å². The van der Waals surface area contributed by atoms with Gasteiger partial charge < -0.3 is 9.47 Å². The fraction of sp³-hybridized carbons (Fsp3) is 0.333. The Morgan fingerprint density at radius 1 is 1.09 bits per heavy atom. The second-order valence-corrected chi connectivity index (χ2v) is 6.70. The lowest BCUT2D eigenvalue weighted by Gasteiger charge is -2.30. The number of hydrogen-bond acceptors (Lipinski definition) is 4. The highest BCUT2D eigenvalue weighted by molar-refractivity contribution is 7.80. The zero-order valence-electron chi connectivity index (χ0n) is 13.0. The third kappa shape index (κ3) is 4.48. The molecule has 3 unspecified atom stereocenters. The Balaban J connectivity index is 1.54. The molecule has 0 saturated carbocycles. The van der Waals surface area contributed by atoms with Crippen LogP contribution in [0.15, 0.2) is 59.5 Å². The molecule has 2 aromatic carbocycles. The van der Waals surface area contributed by atoms with Crippen molar-refractivity contribution in [2.45, 2.75) is 24.0 Å². The fourth-order valence-electron chi connectivity index (χ4n) is 2.40. The Kier molecular flexibility index (Phi) is 5.56. The average molecular weight is 332 g/mol. The summed E-state index contributed by atoms with van der Waals surface area (Å²) in [7, 11) is 0. The maximum atomic E-state index is 12.1. The maximum absolute atomic E-state index is 12.1. The molecule has 0 bridgehead atoms. The van der Waals surface area contributed by atoms with Gasteiger partial charge in [0.15, 0.2) is 11.1 Å². The summed E-state index contributed by atoms with van der Waals surface area (Å²) in [4.78, 5) is 0.659. The highest BCUT2D eigenvalue weighted by Gasteiger charge is 2.25. The number of rotatable bonds is 5. The topological polar surface area (TPSA) is 44.8 Å². The number of ether oxygens (including phenoxy) is 2. The lowest BCUT2D eigenvalue weighted by molar-refractivity contribution is -0.149. The Bertz CT molecular complexity index is 642. The first kappa shape index (κ1) is 16.3. The summed E-state index contributed by atoms with van der Waals surface area (Å²) in [6.45, 7) is 3.21. The lowest BCUT2D eigenvalue weighted by Crippen LogP contribution is -2.34. The van der Waals surface area contributed by atoms with Crippen LogP contribution in [0.5, 0.6) is 0 Å². The summed E-state index contributed by atoms with van der Waals surface area (Å²) in [5.41, 5.74) is 2.21. The van der Waals surface area contributed by atoms with Crippen molar-refractivity contribution in [2.75, 3.05) is 19.8 Å². The van der Waals surface area contributed by atoms with E-state index in [4.69, 9.17) is 13.7 Å². The van der Waals surface area contributed by atoms with Gasteiger partial charge in [-0.3, -0.25) is 4.18 Å². The van der Waals surface area contributed by atoms with Crippen LogP contribution in [0.25, 0.3) is 0 Å². The fourth-order valence-corrected chi connectivity index (χ4v) is 3.17. The molecule has 0 aromatic heterocycles. The van der Waals surface area contributed by atoms with Gasteiger partial charge in [0.25, 0.3) is 0 Å². The van der Waals surface area contributed by atoms with Gasteiger partial charge in [0.2, 0.25) is 0 Å². The molecular formula is C18H20O4S. The number of aryl methyl sites for hydroxylation is 1. The van der Waals surface area contributed by atoms with Gasteiger partial charge in [-0.15, -0.1) is 0 Å². The van der Waals surface area contributed by atoms with Crippen LogP contribution in [0.1, 0.15) is 17.2 Å². The first-order valence-corrected chi connectivity index (χ1v) is 8.70. The zero-order chi connectivity index (χ0) is 16.1. The molecular weight excluding hydrogens is 312 g/mol. The zero-order valence-corrected chi connectivity index (χ0v) is 13.8. The second kappa shape index (κ2) is 7.84. The maximum Gasteiger partial charge on any atom is 0.189 e. The summed E-state index contributed by atoms with van der Waals surface area (Å²) in [5, 5.41) is 0. The molecule has 122 valence electrons. The molecule has 3 atom stereocenters. The van der Waals surface area contributed by atoms with Crippen molar-refractivity contribution in [3.63, 3.8) is 0 Å². The van der Waals surface area contributed by atoms with Gasteiger partial charge >= 0.3 is 0 Å². The molecule has 0 spiro atoms. The van der Waals surface area contributed by atoms with Gasteiger partial charge in [-0.05, 0) is 24.6 Å². The van der Waals surface area contributed by atoms with Crippen molar-refractivity contribution in [3.05, 3.63) is 65.7 Å². The molecule has 1 saturated heterocycles. The summed E-state index contributed by atoms with van der Waals surface area (Å²) < 4.78 is 29.2. The minimum absolute atomic E-state index is 0.105.